The van der Waals surface area contributed by atoms with E-state index in [9.17, 15) is 0 Å². The van der Waals surface area contributed by atoms with Crippen molar-refractivity contribution in [3.05, 3.63) is 16.1 Å². The fraction of sp³-hybridized carbons (Fsp3) is 0.700. The van der Waals surface area contributed by atoms with Crippen LogP contribution >= 0.6 is 11.3 Å². The Morgan fingerprint density at radius 1 is 1.64 bits per heavy atom. The molecule has 0 saturated carbocycles. The van der Waals surface area contributed by atoms with Crippen molar-refractivity contribution in [3.8, 4) is 0 Å². The highest BCUT2D eigenvalue weighted by Gasteiger charge is 2.15. The molecular formula is C10H17N3S. The number of thiazole rings is 1. The predicted molar refractivity (Wildman–Crippen MR) is 59.6 cm³/mol. The van der Waals surface area contributed by atoms with E-state index >= 15 is 0 Å². The first-order chi connectivity index (χ1) is 6.88. The van der Waals surface area contributed by atoms with Gasteiger partial charge in [-0.05, 0) is 25.9 Å². The first-order valence-electron chi connectivity index (χ1n) is 5.25. The summed E-state index contributed by atoms with van der Waals surface area (Å²) in [6.07, 6.45) is 4.61. The highest BCUT2D eigenvalue weighted by molar-refractivity contribution is 7.09. The quantitative estimate of drug-likeness (QED) is 0.779. The third kappa shape index (κ3) is 2.53. The smallest absolute Gasteiger partial charge is 0.0943 e. The second kappa shape index (κ2) is 4.87. The normalized spacial score (nSPS) is 21.6. The molecule has 2 rings (SSSR count). The number of hydrogen-bond donors (Lipinski definition) is 2. The van der Waals surface area contributed by atoms with Gasteiger partial charge in [-0.1, -0.05) is 0 Å². The van der Waals surface area contributed by atoms with E-state index in [1.54, 1.807) is 11.3 Å². The van der Waals surface area contributed by atoms with Crippen molar-refractivity contribution in [2.24, 2.45) is 5.73 Å². The Balaban J connectivity index is 1.88. The zero-order valence-corrected chi connectivity index (χ0v) is 9.15. The minimum absolute atomic E-state index is 0.659. The Bertz CT molecular complexity index is 279. The molecule has 1 fully saturated rings. The van der Waals surface area contributed by atoms with E-state index in [-0.39, 0.29) is 0 Å². The summed E-state index contributed by atoms with van der Waals surface area (Å²) in [5, 5.41) is 6.88. The monoisotopic (exact) mass is 211 g/mol. The van der Waals surface area contributed by atoms with Gasteiger partial charge in [-0.15, -0.1) is 11.3 Å². The Morgan fingerprint density at radius 2 is 2.57 bits per heavy atom. The summed E-state index contributed by atoms with van der Waals surface area (Å²) >= 11 is 1.77. The van der Waals surface area contributed by atoms with Crippen LogP contribution in [-0.2, 0) is 12.8 Å². The second-order valence-electron chi connectivity index (χ2n) is 3.77. The molecule has 2 heterocycles. The van der Waals surface area contributed by atoms with Gasteiger partial charge in [0.2, 0.25) is 0 Å². The zero-order chi connectivity index (χ0) is 9.80. The molecule has 0 radical (unpaired) electrons. The Morgan fingerprint density at radius 3 is 3.29 bits per heavy atom. The van der Waals surface area contributed by atoms with Crippen molar-refractivity contribution >= 4 is 11.3 Å². The minimum atomic E-state index is 0.659. The average Bonchev–Trinajstić information content (AvgIpc) is 2.79. The van der Waals surface area contributed by atoms with Crippen LogP contribution in [0.2, 0.25) is 0 Å². The number of rotatable bonds is 4. The topological polar surface area (TPSA) is 50.9 Å². The molecule has 3 nitrogen and oxygen atoms in total. The van der Waals surface area contributed by atoms with Gasteiger partial charge in [-0.25, -0.2) is 4.98 Å². The lowest BCUT2D eigenvalue weighted by Crippen LogP contribution is -2.23. The van der Waals surface area contributed by atoms with Crippen molar-refractivity contribution in [1.82, 2.24) is 10.3 Å². The lowest BCUT2D eigenvalue weighted by molar-refractivity contribution is 0.600. The van der Waals surface area contributed by atoms with E-state index in [1.165, 1.54) is 24.4 Å². The van der Waals surface area contributed by atoms with Gasteiger partial charge in [0.05, 0.1) is 10.7 Å². The number of nitrogens with zero attached hydrogens (tertiary/aromatic N) is 1. The average molecular weight is 211 g/mol. The van der Waals surface area contributed by atoms with Crippen LogP contribution in [0.5, 0.6) is 0 Å². The summed E-state index contributed by atoms with van der Waals surface area (Å²) in [5.74, 6) is 0. The minimum Gasteiger partial charge on any atom is -0.330 e. The van der Waals surface area contributed by atoms with E-state index in [0.29, 0.717) is 12.6 Å². The molecule has 14 heavy (non-hydrogen) atoms. The maximum atomic E-state index is 5.49. The highest BCUT2D eigenvalue weighted by atomic mass is 32.1. The fourth-order valence-corrected chi connectivity index (χ4v) is 2.76. The maximum Gasteiger partial charge on any atom is 0.0943 e. The van der Waals surface area contributed by atoms with E-state index in [1.807, 2.05) is 0 Å². The Labute approximate surface area is 88.7 Å². The van der Waals surface area contributed by atoms with Crippen LogP contribution < -0.4 is 11.1 Å². The van der Waals surface area contributed by atoms with E-state index < -0.39 is 0 Å². The molecule has 4 heteroatoms. The van der Waals surface area contributed by atoms with Crippen molar-refractivity contribution < 1.29 is 0 Å². The molecule has 0 aromatic carbocycles. The van der Waals surface area contributed by atoms with Crippen molar-refractivity contribution in [2.75, 3.05) is 13.1 Å². The van der Waals surface area contributed by atoms with Gasteiger partial charge in [-0.2, -0.15) is 0 Å². The second-order valence-corrected chi connectivity index (χ2v) is 4.71. The van der Waals surface area contributed by atoms with Gasteiger partial charge in [0.15, 0.2) is 0 Å². The third-order valence-electron chi connectivity index (χ3n) is 2.58. The molecule has 1 aliphatic rings. The summed E-state index contributed by atoms with van der Waals surface area (Å²) in [5.41, 5.74) is 6.64. The summed E-state index contributed by atoms with van der Waals surface area (Å²) in [6.45, 7) is 1.87. The van der Waals surface area contributed by atoms with Crippen LogP contribution in [-0.4, -0.2) is 24.1 Å². The summed E-state index contributed by atoms with van der Waals surface area (Å²) in [4.78, 5) is 4.56. The van der Waals surface area contributed by atoms with Gasteiger partial charge in [0.1, 0.15) is 0 Å². The van der Waals surface area contributed by atoms with Crippen LogP contribution in [0.25, 0.3) is 0 Å². The molecule has 0 aliphatic carbocycles. The lowest BCUT2D eigenvalue weighted by atomic mass is 10.2. The number of nitrogens with one attached hydrogen (secondary N) is 1. The molecule has 78 valence electrons. The number of nitrogens with two attached hydrogens (primary N) is 1. The molecule has 0 amide bonds. The summed E-state index contributed by atoms with van der Waals surface area (Å²) in [7, 11) is 0. The largest absolute Gasteiger partial charge is 0.330 e. The molecule has 1 atom stereocenters. The molecule has 0 spiro atoms. The zero-order valence-electron chi connectivity index (χ0n) is 8.33. The van der Waals surface area contributed by atoms with Gasteiger partial charge >= 0.3 is 0 Å². The van der Waals surface area contributed by atoms with Gasteiger partial charge in [0.25, 0.3) is 0 Å². The molecule has 0 bridgehead atoms. The Hall–Kier alpha value is -0.450. The van der Waals surface area contributed by atoms with E-state index in [0.717, 1.165) is 18.5 Å². The maximum absolute atomic E-state index is 5.49. The van der Waals surface area contributed by atoms with Crippen LogP contribution in [0.3, 0.4) is 0 Å². The number of aromatic nitrogens is 1. The first-order valence-corrected chi connectivity index (χ1v) is 6.13. The van der Waals surface area contributed by atoms with Gasteiger partial charge < -0.3 is 11.1 Å². The van der Waals surface area contributed by atoms with Gasteiger partial charge in [-0.3, -0.25) is 0 Å². The van der Waals surface area contributed by atoms with E-state index in [2.05, 4.69) is 15.7 Å². The SMILES string of the molecule is NCCc1csc(CC2CCCN2)n1. The molecular weight excluding hydrogens is 194 g/mol. The van der Waals surface area contributed by atoms with Gasteiger partial charge in [0, 0.05) is 24.3 Å². The lowest BCUT2D eigenvalue weighted by Gasteiger charge is -2.06. The highest BCUT2D eigenvalue weighted by Crippen LogP contribution is 2.16. The van der Waals surface area contributed by atoms with Crippen LogP contribution in [0, 0.1) is 0 Å². The molecule has 1 aromatic rings. The first kappa shape index (κ1) is 10.1. The van der Waals surface area contributed by atoms with Crippen LogP contribution in [0.1, 0.15) is 23.5 Å². The predicted octanol–water partition coefficient (Wildman–Crippen LogP) is 0.939. The van der Waals surface area contributed by atoms with E-state index in [4.69, 9.17) is 5.73 Å². The molecule has 1 unspecified atom stereocenters. The summed E-state index contributed by atoms with van der Waals surface area (Å²) < 4.78 is 0. The molecule has 1 aliphatic heterocycles. The standard InChI is InChI=1S/C10H17N3S/c11-4-3-9-7-14-10(13-9)6-8-2-1-5-12-8/h7-8,12H,1-6,11H2. The van der Waals surface area contributed by atoms with Crippen LogP contribution in [0.4, 0.5) is 0 Å². The van der Waals surface area contributed by atoms with Crippen molar-refractivity contribution in [2.45, 2.75) is 31.7 Å². The molecule has 1 aromatic heterocycles. The number of hydrogen-bond acceptors (Lipinski definition) is 4. The summed E-state index contributed by atoms with van der Waals surface area (Å²) in [6, 6.07) is 0.659. The third-order valence-corrected chi connectivity index (χ3v) is 3.50. The molecule has 3 N–H and O–H groups in total. The van der Waals surface area contributed by atoms with Crippen molar-refractivity contribution in [3.63, 3.8) is 0 Å². The molecule has 1 saturated heterocycles. The fourth-order valence-electron chi connectivity index (χ4n) is 1.85. The Kier molecular flexibility index (Phi) is 3.50. The van der Waals surface area contributed by atoms with Crippen LogP contribution in [0.15, 0.2) is 5.38 Å². The van der Waals surface area contributed by atoms with Crippen molar-refractivity contribution in [1.29, 1.82) is 0 Å².